The van der Waals surface area contributed by atoms with E-state index < -0.39 is 6.04 Å². The van der Waals surface area contributed by atoms with Crippen LogP contribution in [0.1, 0.15) is 42.6 Å². The Labute approximate surface area is 196 Å². The SMILES string of the molecule is CCc1c(Cc2ccc(-c3ccccc3-c3nn[nH]n3)cc2)c(=O)n2n1CCCC2C(=O)OC. The number of nitrogens with one attached hydrogen (secondary N) is 1. The monoisotopic (exact) mass is 458 g/mol. The molecule has 4 aromatic rings. The Morgan fingerprint density at radius 2 is 1.91 bits per heavy atom. The number of nitrogens with zero attached hydrogens (tertiary/aromatic N) is 5. The van der Waals surface area contributed by atoms with Crippen molar-refractivity contribution in [3.05, 3.63) is 75.7 Å². The Balaban J connectivity index is 1.48. The molecule has 2 aromatic carbocycles. The second-order valence-electron chi connectivity index (χ2n) is 8.39. The van der Waals surface area contributed by atoms with Crippen LogP contribution < -0.4 is 5.56 Å². The predicted molar refractivity (Wildman–Crippen MR) is 126 cm³/mol. The number of rotatable bonds is 6. The van der Waals surface area contributed by atoms with Gasteiger partial charge in [-0.05, 0) is 41.2 Å². The minimum Gasteiger partial charge on any atom is -0.467 e. The van der Waals surface area contributed by atoms with Gasteiger partial charge in [-0.25, -0.2) is 9.48 Å². The summed E-state index contributed by atoms with van der Waals surface area (Å²) in [5.74, 6) is 0.180. The average Bonchev–Trinajstić information content (AvgIpc) is 3.51. The Bertz CT molecular complexity index is 1370. The van der Waals surface area contributed by atoms with E-state index >= 15 is 0 Å². The van der Waals surface area contributed by atoms with Crippen LogP contribution in [0.3, 0.4) is 0 Å². The second kappa shape index (κ2) is 9.09. The summed E-state index contributed by atoms with van der Waals surface area (Å²) in [6.07, 6.45) is 2.69. The number of esters is 1. The molecule has 0 aliphatic carbocycles. The van der Waals surface area contributed by atoms with Gasteiger partial charge in [0.1, 0.15) is 0 Å². The van der Waals surface area contributed by atoms with E-state index in [4.69, 9.17) is 4.74 Å². The Kier molecular flexibility index (Phi) is 5.83. The van der Waals surface area contributed by atoms with E-state index in [1.54, 1.807) is 4.68 Å². The third-order valence-corrected chi connectivity index (χ3v) is 6.50. The molecule has 5 rings (SSSR count). The molecule has 3 heterocycles. The number of tetrazole rings is 1. The average molecular weight is 459 g/mol. The van der Waals surface area contributed by atoms with E-state index in [9.17, 15) is 9.59 Å². The quantitative estimate of drug-likeness (QED) is 0.445. The lowest BCUT2D eigenvalue weighted by molar-refractivity contribution is -0.146. The van der Waals surface area contributed by atoms with Gasteiger partial charge in [0.2, 0.25) is 5.82 Å². The van der Waals surface area contributed by atoms with Crippen molar-refractivity contribution in [3.63, 3.8) is 0 Å². The molecular formula is C25H26N6O3. The van der Waals surface area contributed by atoms with Crippen molar-refractivity contribution in [2.45, 2.75) is 45.2 Å². The van der Waals surface area contributed by atoms with E-state index in [1.807, 2.05) is 60.1 Å². The van der Waals surface area contributed by atoms with E-state index in [0.29, 0.717) is 18.7 Å². The lowest BCUT2D eigenvalue weighted by Crippen LogP contribution is -2.37. The molecule has 34 heavy (non-hydrogen) atoms. The van der Waals surface area contributed by atoms with Crippen molar-refractivity contribution in [2.24, 2.45) is 0 Å². The molecule has 0 saturated heterocycles. The maximum absolute atomic E-state index is 13.4. The summed E-state index contributed by atoms with van der Waals surface area (Å²) >= 11 is 0. The summed E-state index contributed by atoms with van der Waals surface area (Å²) in [7, 11) is 1.37. The molecule has 1 aliphatic rings. The molecule has 0 radical (unpaired) electrons. The van der Waals surface area contributed by atoms with Crippen molar-refractivity contribution >= 4 is 5.97 Å². The largest absolute Gasteiger partial charge is 0.467 e. The third-order valence-electron chi connectivity index (χ3n) is 6.50. The van der Waals surface area contributed by atoms with Crippen molar-refractivity contribution < 1.29 is 9.53 Å². The van der Waals surface area contributed by atoms with Crippen LogP contribution >= 0.6 is 0 Å². The number of ether oxygens (including phenoxy) is 1. The van der Waals surface area contributed by atoms with Gasteiger partial charge in [-0.3, -0.25) is 9.48 Å². The van der Waals surface area contributed by atoms with E-state index in [0.717, 1.165) is 52.9 Å². The van der Waals surface area contributed by atoms with Crippen molar-refractivity contribution in [3.8, 4) is 22.5 Å². The molecule has 1 atom stereocenters. The van der Waals surface area contributed by atoms with Gasteiger partial charge in [0.15, 0.2) is 6.04 Å². The summed E-state index contributed by atoms with van der Waals surface area (Å²) in [4.78, 5) is 25.7. The minimum atomic E-state index is -0.561. The number of hydrogen-bond acceptors (Lipinski definition) is 6. The number of H-pyrrole nitrogens is 1. The van der Waals surface area contributed by atoms with E-state index in [-0.39, 0.29) is 11.5 Å². The number of hydrogen-bond donors (Lipinski definition) is 1. The minimum absolute atomic E-state index is 0.0986. The molecule has 0 saturated carbocycles. The number of fused-ring (bicyclic) bond motifs is 1. The Morgan fingerprint density at radius 1 is 1.15 bits per heavy atom. The fourth-order valence-corrected chi connectivity index (χ4v) is 4.91. The normalized spacial score (nSPS) is 15.2. The number of carbonyl (C=O) groups is 1. The molecule has 1 unspecified atom stereocenters. The first-order chi connectivity index (χ1) is 16.6. The van der Waals surface area contributed by atoms with Crippen molar-refractivity contribution in [1.29, 1.82) is 0 Å². The molecule has 0 fully saturated rings. The van der Waals surface area contributed by atoms with Crippen LogP contribution in [0, 0.1) is 0 Å². The standard InChI is InChI=1S/C25H26N6O3/c1-3-21-20(24(32)31-22(25(33)34-2)9-6-14-30(21)31)15-16-10-12-17(13-11-16)18-7-4-5-8-19(18)23-26-28-29-27-23/h4-5,7-8,10-13,22H,3,6,9,14-15H2,1-2H3,(H,26,27,28,29). The van der Waals surface area contributed by atoms with E-state index in [2.05, 4.69) is 20.6 Å². The number of aromatic amines is 1. The fraction of sp³-hybridized carbons (Fsp3) is 0.320. The summed E-state index contributed by atoms with van der Waals surface area (Å²) in [5.41, 5.74) is 5.60. The van der Waals surface area contributed by atoms with Crippen LogP contribution in [-0.2, 0) is 28.9 Å². The highest BCUT2D eigenvalue weighted by Crippen LogP contribution is 2.30. The maximum atomic E-state index is 13.4. The maximum Gasteiger partial charge on any atom is 0.330 e. The van der Waals surface area contributed by atoms with Crippen molar-refractivity contribution in [1.82, 2.24) is 30.0 Å². The molecule has 9 heteroatoms. The molecule has 1 aliphatic heterocycles. The van der Waals surface area contributed by atoms with Crippen LogP contribution in [0.2, 0.25) is 0 Å². The number of benzene rings is 2. The van der Waals surface area contributed by atoms with Crippen LogP contribution in [-0.4, -0.2) is 43.1 Å². The van der Waals surface area contributed by atoms with Gasteiger partial charge in [-0.2, -0.15) is 5.21 Å². The van der Waals surface area contributed by atoms with Crippen molar-refractivity contribution in [2.75, 3.05) is 7.11 Å². The van der Waals surface area contributed by atoms with Gasteiger partial charge in [0.25, 0.3) is 5.56 Å². The van der Waals surface area contributed by atoms with Crippen LogP contribution in [0.25, 0.3) is 22.5 Å². The molecule has 174 valence electrons. The first kappa shape index (κ1) is 21.8. The lowest BCUT2D eigenvalue weighted by Gasteiger charge is -2.26. The van der Waals surface area contributed by atoms with Gasteiger partial charge in [0.05, 0.1) is 7.11 Å². The lowest BCUT2D eigenvalue weighted by atomic mass is 9.96. The molecular weight excluding hydrogens is 432 g/mol. The zero-order chi connectivity index (χ0) is 23.7. The molecule has 0 spiro atoms. The molecule has 9 nitrogen and oxygen atoms in total. The third kappa shape index (κ3) is 3.72. The highest BCUT2D eigenvalue weighted by molar-refractivity contribution is 5.80. The first-order valence-electron chi connectivity index (χ1n) is 11.5. The van der Waals surface area contributed by atoms with E-state index in [1.165, 1.54) is 7.11 Å². The van der Waals surface area contributed by atoms with Gasteiger partial charge >= 0.3 is 5.97 Å². The fourth-order valence-electron chi connectivity index (χ4n) is 4.91. The highest BCUT2D eigenvalue weighted by Gasteiger charge is 2.32. The zero-order valence-electron chi connectivity index (χ0n) is 19.2. The van der Waals surface area contributed by atoms with Gasteiger partial charge in [-0.15, -0.1) is 10.2 Å². The van der Waals surface area contributed by atoms with Gasteiger partial charge in [0, 0.05) is 29.8 Å². The summed E-state index contributed by atoms with van der Waals surface area (Å²) in [6.45, 7) is 2.78. The van der Waals surface area contributed by atoms with Crippen LogP contribution in [0.15, 0.2) is 53.3 Å². The number of carbonyl (C=O) groups excluding carboxylic acids is 1. The molecule has 1 N–H and O–H groups in total. The molecule has 0 bridgehead atoms. The molecule has 2 aromatic heterocycles. The van der Waals surface area contributed by atoms with Gasteiger partial charge in [-0.1, -0.05) is 55.5 Å². The molecule has 0 amide bonds. The summed E-state index contributed by atoms with van der Waals surface area (Å²) in [5, 5.41) is 14.4. The smallest absolute Gasteiger partial charge is 0.330 e. The number of methoxy groups -OCH3 is 1. The second-order valence-corrected chi connectivity index (χ2v) is 8.39. The Hall–Kier alpha value is -4.01. The predicted octanol–water partition coefficient (Wildman–Crippen LogP) is 3.16. The number of aromatic nitrogens is 6. The van der Waals surface area contributed by atoms with Crippen LogP contribution in [0.5, 0.6) is 0 Å². The summed E-state index contributed by atoms with van der Waals surface area (Å²) in [6, 6.07) is 15.5. The first-order valence-corrected chi connectivity index (χ1v) is 11.5. The highest BCUT2D eigenvalue weighted by atomic mass is 16.5. The Morgan fingerprint density at radius 3 is 2.59 bits per heavy atom. The topological polar surface area (TPSA) is 108 Å². The van der Waals surface area contributed by atoms with Gasteiger partial charge < -0.3 is 4.74 Å². The summed E-state index contributed by atoms with van der Waals surface area (Å²) < 4.78 is 8.56. The zero-order valence-corrected chi connectivity index (χ0v) is 19.2. The van der Waals surface area contributed by atoms with Crippen LogP contribution in [0.4, 0.5) is 0 Å².